The number of imide groups is 1. The molecule has 0 saturated carbocycles. The molecule has 0 radical (unpaired) electrons. The molecule has 6 nitrogen and oxygen atoms in total. The van der Waals surface area contributed by atoms with Gasteiger partial charge in [0.25, 0.3) is 5.91 Å². The molecule has 0 aromatic heterocycles. The van der Waals surface area contributed by atoms with E-state index >= 15 is 0 Å². The molecule has 1 aliphatic rings. The summed E-state index contributed by atoms with van der Waals surface area (Å²) in [6.45, 7) is 2.36. The average Bonchev–Trinajstić information content (AvgIpc) is 3.06. The second-order valence-electron chi connectivity index (χ2n) is 7.93. The summed E-state index contributed by atoms with van der Waals surface area (Å²) in [4.78, 5) is 26.6. The number of carbonyl (C=O) groups excluding carboxylic acids is 2. The molecule has 1 aliphatic heterocycles. The minimum Gasteiger partial charge on any atom is -0.493 e. The highest BCUT2D eigenvalue weighted by atomic mass is 79.9. The van der Waals surface area contributed by atoms with E-state index < -0.39 is 11.9 Å². The van der Waals surface area contributed by atoms with Crippen LogP contribution in [0.3, 0.4) is 0 Å². The molecule has 3 amide bonds. The van der Waals surface area contributed by atoms with E-state index in [9.17, 15) is 9.59 Å². The number of carbonyl (C=O) groups is 2. The molecule has 180 valence electrons. The van der Waals surface area contributed by atoms with E-state index in [1.807, 2.05) is 31.2 Å². The van der Waals surface area contributed by atoms with E-state index in [0.29, 0.717) is 31.6 Å². The summed E-state index contributed by atoms with van der Waals surface area (Å²) in [5.74, 6) is 0.525. The molecule has 0 unspecified atom stereocenters. The second-order valence-corrected chi connectivity index (χ2v) is 9.63. The Morgan fingerprint density at radius 3 is 2.60 bits per heavy atom. The second kappa shape index (κ2) is 10.7. The Bertz CT molecular complexity index is 1340. The van der Waals surface area contributed by atoms with Crippen LogP contribution in [0.1, 0.15) is 22.3 Å². The number of aryl methyl sites for hydroxylation is 1. The van der Waals surface area contributed by atoms with Gasteiger partial charge in [0.2, 0.25) is 0 Å². The number of benzene rings is 3. The van der Waals surface area contributed by atoms with E-state index in [4.69, 9.17) is 32.7 Å². The van der Waals surface area contributed by atoms with Crippen LogP contribution in [-0.2, 0) is 17.9 Å². The molecule has 4 rings (SSSR count). The SMILES string of the molecule is COc1cc(/C=C2/NC(=O)N(Cc3cccc(C)c3)C2=O)cc(Br)c1OCc1ccc(Cl)cc1Cl. The third kappa shape index (κ3) is 5.81. The first kappa shape index (κ1) is 25.1. The van der Waals surface area contributed by atoms with E-state index in [0.717, 1.165) is 16.7 Å². The van der Waals surface area contributed by atoms with Crippen molar-refractivity contribution >= 4 is 57.1 Å². The summed E-state index contributed by atoms with van der Waals surface area (Å²) >= 11 is 15.7. The fourth-order valence-corrected chi connectivity index (χ4v) is 4.66. The highest BCUT2D eigenvalue weighted by molar-refractivity contribution is 9.10. The third-order valence-corrected chi connectivity index (χ3v) is 6.51. The summed E-state index contributed by atoms with van der Waals surface area (Å²) in [7, 11) is 1.52. The van der Waals surface area contributed by atoms with Crippen molar-refractivity contribution in [2.75, 3.05) is 7.11 Å². The van der Waals surface area contributed by atoms with Gasteiger partial charge in [-0.25, -0.2) is 4.79 Å². The number of nitrogens with zero attached hydrogens (tertiary/aromatic N) is 1. The van der Waals surface area contributed by atoms with Crippen molar-refractivity contribution in [1.82, 2.24) is 10.2 Å². The highest BCUT2D eigenvalue weighted by Crippen LogP contribution is 2.38. The predicted molar refractivity (Wildman–Crippen MR) is 140 cm³/mol. The Morgan fingerprint density at radius 1 is 1.09 bits per heavy atom. The van der Waals surface area contributed by atoms with Gasteiger partial charge in [-0.3, -0.25) is 9.69 Å². The lowest BCUT2D eigenvalue weighted by molar-refractivity contribution is -0.123. The van der Waals surface area contributed by atoms with Gasteiger partial charge in [0.15, 0.2) is 11.5 Å². The molecule has 1 N–H and O–H groups in total. The molecule has 9 heteroatoms. The van der Waals surface area contributed by atoms with E-state index in [2.05, 4.69) is 21.2 Å². The van der Waals surface area contributed by atoms with Gasteiger partial charge in [0, 0.05) is 15.6 Å². The number of hydrogen-bond acceptors (Lipinski definition) is 4. The largest absolute Gasteiger partial charge is 0.493 e. The smallest absolute Gasteiger partial charge is 0.329 e. The number of nitrogens with one attached hydrogen (secondary N) is 1. The summed E-state index contributed by atoms with van der Waals surface area (Å²) in [6.07, 6.45) is 1.60. The summed E-state index contributed by atoms with van der Waals surface area (Å²) in [5, 5.41) is 3.69. The van der Waals surface area contributed by atoms with Gasteiger partial charge < -0.3 is 14.8 Å². The Morgan fingerprint density at radius 2 is 1.89 bits per heavy atom. The van der Waals surface area contributed by atoms with Crippen molar-refractivity contribution in [1.29, 1.82) is 0 Å². The Labute approximate surface area is 221 Å². The van der Waals surface area contributed by atoms with Crippen molar-refractivity contribution in [3.63, 3.8) is 0 Å². The van der Waals surface area contributed by atoms with Crippen LogP contribution in [0.5, 0.6) is 11.5 Å². The highest BCUT2D eigenvalue weighted by Gasteiger charge is 2.33. The number of amides is 3. The molecule has 0 atom stereocenters. The van der Waals surface area contributed by atoms with Gasteiger partial charge in [0.1, 0.15) is 12.3 Å². The number of hydrogen-bond donors (Lipinski definition) is 1. The van der Waals surface area contributed by atoms with Gasteiger partial charge in [-0.1, -0.05) is 59.1 Å². The first-order valence-corrected chi connectivity index (χ1v) is 12.1. The molecule has 3 aromatic rings. The molecular formula is C26H21BrCl2N2O4. The lowest BCUT2D eigenvalue weighted by atomic mass is 10.1. The number of ether oxygens (including phenoxy) is 2. The van der Waals surface area contributed by atoms with E-state index in [1.54, 1.807) is 36.4 Å². The fourth-order valence-electron chi connectivity index (χ4n) is 3.63. The lowest BCUT2D eigenvalue weighted by Crippen LogP contribution is -2.30. The molecule has 3 aromatic carbocycles. The zero-order valence-electron chi connectivity index (χ0n) is 18.9. The number of methoxy groups -OCH3 is 1. The molecular weight excluding hydrogens is 555 g/mol. The molecule has 0 spiro atoms. The fraction of sp³-hybridized carbons (Fsp3) is 0.154. The summed E-state index contributed by atoms with van der Waals surface area (Å²) in [5.41, 5.74) is 3.53. The van der Waals surface area contributed by atoms with Crippen molar-refractivity contribution in [2.24, 2.45) is 0 Å². The van der Waals surface area contributed by atoms with Gasteiger partial charge in [-0.05, 0) is 64.3 Å². The maximum atomic E-state index is 12.9. The van der Waals surface area contributed by atoms with Gasteiger partial charge in [-0.15, -0.1) is 0 Å². The standard InChI is InChI=1S/C26H21BrCl2N2O4/c1-15-4-3-5-16(8-15)13-31-25(32)22(30-26(31)33)10-17-9-20(27)24(23(11-17)34-2)35-14-18-6-7-19(28)12-21(18)29/h3-12H,13-14H2,1-2H3,(H,30,33)/b22-10+. The van der Waals surface area contributed by atoms with Gasteiger partial charge in [0.05, 0.1) is 18.1 Å². The Kier molecular flexibility index (Phi) is 7.69. The molecule has 1 fully saturated rings. The lowest BCUT2D eigenvalue weighted by Gasteiger charge is -2.14. The van der Waals surface area contributed by atoms with Crippen molar-refractivity contribution < 1.29 is 19.1 Å². The molecule has 1 heterocycles. The van der Waals surface area contributed by atoms with Gasteiger partial charge in [-0.2, -0.15) is 0 Å². The van der Waals surface area contributed by atoms with Crippen LogP contribution < -0.4 is 14.8 Å². The van der Waals surface area contributed by atoms with Crippen LogP contribution in [0.2, 0.25) is 10.0 Å². The molecule has 0 bridgehead atoms. The number of rotatable bonds is 7. The average molecular weight is 576 g/mol. The van der Waals surface area contributed by atoms with Gasteiger partial charge >= 0.3 is 6.03 Å². The topological polar surface area (TPSA) is 67.9 Å². The summed E-state index contributed by atoms with van der Waals surface area (Å²) < 4.78 is 12.1. The van der Waals surface area contributed by atoms with Crippen LogP contribution in [-0.4, -0.2) is 23.9 Å². The normalized spacial score (nSPS) is 14.4. The monoisotopic (exact) mass is 574 g/mol. The van der Waals surface area contributed by atoms with E-state index in [-0.39, 0.29) is 18.8 Å². The van der Waals surface area contributed by atoms with E-state index in [1.165, 1.54) is 12.0 Å². The Balaban J connectivity index is 1.54. The quantitative estimate of drug-likeness (QED) is 0.250. The van der Waals surface area contributed by atoms with Crippen molar-refractivity contribution in [2.45, 2.75) is 20.1 Å². The predicted octanol–water partition coefficient (Wildman–Crippen LogP) is 6.74. The first-order valence-electron chi connectivity index (χ1n) is 10.6. The molecule has 35 heavy (non-hydrogen) atoms. The summed E-state index contributed by atoms with van der Waals surface area (Å²) in [6, 6.07) is 15.9. The van der Waals surface area contributed by atoms with Crippen LogP contribution in [0.4, 0.5) is 4.79 Å². The van der Waals surface area contributed by atoms with Crippen LogP contribution >= 0.6 is 39.1 Å². The third-order valence-electron chi connectivity index (χ3n) is 5.34. The number of halogens is 3. The van der Waals surface area contributed by atoms with Crippen molar-refractivity contribution in [3.05, 3.63) is 97.1 Å². The zero-order chi connectivity index (χ0) is 25.1. The van der Waals surface area contributed by atoms with Crippen LogP contribution in [0.15, 0.2) is 64.8 Å². The van der Waals surface area contributed by atoms with Crippen LogP contribution in [0, 0.1) is 6.92 Å². The minimum atomic E-state index is -0.464. The first-order chi connectivity index (χ1) is 16.7. The molecule has 0 aliphatic carbocycles. The number of urea groups is 1. The Hall–Kier alpha value is -3.00. The van der Waals surface area contributed by atoms with Crippen molar-refractivity contribution in [3.8, 4) is 11.5 Å². The van der Waals surface area contributed by atoms with Crippen LogP contribution in [0.25, 0.3) is 6.08 Å². The minimum absolute atomic E-state index is 0.179. The molecule has 1 saturated heterocycles. The zero-order valence-corrected chi connectivity index (χ0v) is 22.0. The maximum absolute atomic E-state index is 12.9. The maximum Gasteiger partial charge on any atom is 0.329 e.